The van der Waals surface area contributed by atoms with E-state index >= 15 is 0 Å². The third-order valence-electron chi connectivity index (χ3n) is 10.4. The van der Waals surface area contributed by atoms with Crippen LogP contribution in [0.2, 0.25) is 0 Å². The van der Waals surface area contributed by atoms with Crippen molar-refractivity contribution in [1.29, 1.82) is 0 Å². The van der Waals surface area contributed by atoms with E-state index in [0.717, 1.165) is 44.5 Å². The molecule has 56 heavy (non-hydrogen) atoms. The monoisotopic (exact) mass is 714 g/mol. The van der Waals surface area contributed by atoms with E-state index in [4.69, 9.17) is 15.0 Å². The van der Waals surface area contributed by atoms with Crippen LogP contribution >= 0.6 is 0 Å². The van der Waals surface area contributed by atoms with Crippen LogP contribution in [0.25, 0.3) is 100 Å². The van der Waals surface area contributed by atoms with Gasteiger partial charge in [-0.15, -0.1) is 0 Å². The van der Waals surface area contributed by atoms with Gasteiger partial charge in [-0.1, -0.05) is 164 Å². The molecule has 4 nitrogen and oxygen atoms in total. The van der Waals surface area contributed by atoms with E-state index < -0.39 is 0 Å². The first-order valence-corrected chi connectivity index (χ1v) is 18.8. The molecular weight excluding hydrogens is 681 g/mol. The normalized spacial score (nSPS) is 11.2. The Balaban J connectivity index is 0.985. The SMILES string of the molecule is c1ccc(-c2ccc(-c3nc(-c4ccccc4)nc(-c4cccc(-c5cccc(-c6cccc(-c7ccc8c(ccc9ccncc98)c7)c6)c5)c4)n3)cc2)cc1. The molecule has 0 N–H and O–H groups in total. The second kappa shape index (κ2) is 14.3. The molecular formula is C52H34N4. The van der Waals surface area contributed by atoms with Crippen LogP contribution < -0.4 is 0 Å². The molecule has 0 unspecified atom stereocenters. The van der Waals surface area contributed by atoms with Crippen molar-refractivity contribution in [3.8, 4) is 78.7 Å². The van der Waals surface area contributed by atoms with Gasteiger partial charge in [0.15, 0.2) is 17.5 Å². The first-order chi connectivity index (χ1) is 27.7. The van der Waals surface area contributed by atoms with Crippen LogP contribution in [0.15, 0.2) is 207 Å². The fraction of sp³-hybridized carbons (Fsp3) is 0. The Hall–Kier alpha value is -7.56. The van der Waals surface area contributed by atoms with Crippen LogP contribution in [0.5, 0.6) is 0 Å². The minimum atomic E-state index is 0.631. The molecule has 0 aliphatic heterocycles. The molecule has 2 aromatic heterocycles. The molecule has 10 rings (SSSR count). The van der Waals surface area contributed by atoms with Crippen molar-refractivity contribution in [2.75, 3.05) is 0 Å². The summed E-state index contributed by atoms with van der Waals surface area (Å²) in [4.78, 5) is 19.4. The third kappa shape index (κ3) is 6.50. The molecule has 2 heterocycles. The maximum absolute atomic E-state index is 5.05. The molecule has 0 radical (unpaired) electrons. The van der Waals surface area contributed by atoms with Crippen molar-refractivity contribution in [3.05, 3.63) is 207 Å². The minimum absolute atomic E-state index is 0.631. The zero-order chi connectivity index (χ0) is 37.3. The maximum atomic E-state index is 5.05. The van der Waals surface area contributed by atoms with Crippen molar-refractivity contribution in [3.63, 3.8) is 0 Å². The second-order valence-electron chi connectivity index (χ2n) is 14.0. The lowest BCUT2D eigenvalue weighted by atomic mass is 9.94. The van der Waals surface area contributed by atoms with Crippen LogP contribution in [0.1, 0.15) is 0 Å². The van der Waals surface area contributed by atoms with Crippen LogP contribution in [0.4, 0.5) is 0 Å². The van der Waals surface area contributed by atoms with E-state index in [1.165, 1.54) is 38.2 Å². The van der Waals surface area contributed by atoms with Crippen molar-refractivity contribution in [2.45, 2.75) is 0 Å². The topological polar surface area (TPSA) is 51.6 Å². The molecule has 0 aliphatic rings. The predicted molar refractivity (Wildman–Crippen MR) is 231 cm³/mol. The first kappa shape index (κ1) is 33.0. The van der Waals surface area contributed by atoms with Gasteiger partial charge in [0.05, 0.1) is 0 Å². The smallest absolute Gasteiger partial charge is 0.164 e. The fourth-order valence-corrected chi connectivity index (χ4v) is 7.47. The number of hydrogen-bond acceptors (Lipinski definition) is 4. The number of rotatable bonds is 7. The molecule has 262 valence electrons. The Morgan fingerprint density at radius 1 is 0.250 bits per heavy atom. The van der Waals surface area contributed by atoms with Gasteiger partial charge in [-0.3, -0.25) is 4.98 Å². The highest BCUT2D eigenvalue weighted by Crippen LogP contribution is 2.34. The predicted octanol–water partition coefficient (Wildman–Crippen LogP) is 13.2. The van der Waals surface area contributed by atoms with Gasteiger partial charge in [0, 0.05) is 34.5 Å². The van der Waals surface area contributed by atoms with Gasteiger partial charge < -0.3 is 0 Å². The fourth-order valence-electron chi connectivity index (χ4n) is 7.47. The number of benzene rings is 8. The average Bonchev–Trinajstić information content (AvgIpc) is 3.29. The number of nitrogens with zero attached hydrogens (tertiary/aromatic N) is 4. The third-order valence-corrected chi connectivity index (χ3v) is 10.4. The van der Waals surface area contributed by atoms with E-state index in [9.17, 15) is 0 Å². The minimum Gasteiger partial charge on any atom is -0.264 e. The van der Waals surface area contributed by atoms with Crippen LogP contribution in [-0.4, -0.2) is 19.9 Å². The van der Waals surface area contributed by atoms with Gasteiger partial charge in [-0.05, 0) is 91.0 Å². The summed E-state index contributed by atoms with van der Waals surface area (Å²) < 4.78 is 0. The van der Waals surface area contributed by atoms with Gasteiger partial charge >= 0.3 is 0 Å². The molecule has 10 aromatic rings. The molecule has 0 bridgehead atoms. The Kier molecular flexibility index (Phi) is 8.47. The van der Waals surface area contributed by atoms with E-state index in [1.807, 2.05) is 48.8 Å². The Morgan fingerprint density at radius 3 is 1.27 bits per heavy atom. The van der Waals surface area contributed by atoms with Crippen molar-refractivity contribution >= 4 is 21.5 Å². The Morgan fingerprint density at radius 2 is 0.661 bits per heavy atom. The number of pyridine rings is 1. The standard InChI is InChI=1S/C52H34N4/c1-3-10-35(11-4-1)36-20-23-39(24-21-36)51-54-50(38-12-5-2-6-13-38)55-52(56-51)47-19-9-18-44(33-47)42-16-7-14-40(30-42)41-15-8-17-43(31-41)45-26-27-48-46(32-45)25-22-37-28-29-53-34-49(37)48/h1-34H. The molecule has 8 aromatic carbocycles. The summed E-state index contributed by atoms with van der Waals surface area (Å²) in [6, 6.07) is 68.1. The summed E-state index contributed by atoms with van der Waals surface area (Å²) in [6.45, 7) is 0. The summed E-state index contributed by atoms with van der Waals surface area (Å²) in [5, 5.41) is 4.80. The van der Waals surface area contributed by atoms with E-state index in [1.54, 1.807) is 0 Å². The summed E-state index contributed by atoms with van der Waals surface area (Å²) in [7, 11) is 0. The molecule has 0 saturated heterocycles. The largest absolute Gasteiger partial charge is 0.264 e. The summed E-state index contributed by atoms with van der Waals surface area (Å²) in [6.07, 6.45) is 3.80. The molecule has 0 saturated carbocycles. The van der Waals surface area contributed by atoms with Gasteiger partial charge in [-0.25, -0.2) is 15.0 Å². The van der Waals surface area contributed by atoms with Crippen molar-refractivity contribution in [1.82, 2.24) is 19.9 Å². The lowest BCUT2D eigenvalue weighted by Crippen LogP contribution is -2.00. The zero-order valence-electron chi connectivity index (χ0n) is 30.4. The van der Waals surface area contributed by atoms with Crippen LogP contribution in [0, 0.1) is 0 Å². The molecule has 0 aliphatic carbocycles. The average molecular weight is 715 g/mol. The molecule has 0 spiro atoms. The van der Waals surface area contributed by atoms with Gasteiger partial charge in [0.25, 0.3) is 0 Å². The van der Waals surface area contributed by atoms with Gasteiger partial charge in [-0.2, -0.15) is 0 Å². The van der Waals surface area contributed by atoms with E-state index in [2.05, 4.69) is 163 Å². The summed E-state index contributed by atoms with van der Waals surface area (Å²) in [5.41, 5.74) is 12.0. The highest BCUT2D eigenvalue weighted by molar-refractivity contribution is 6.08. The quantitative estimate of drug-likeness (QED) is 0.154. The molecule has 4 heteroatoms. The van der Waals surface area contributed by atoms with Crippen LogP contribution in [-0.2, 0) is 0 Å². The summed E-state index contributed by atoms with van der Waals surface area (Å²) in [5.74, 6) is 1.91. The molecule has 0 fully saturated rings. The Labute approximate surface area is 325 Å². The van der Waals surface area contributed by atoms with E-state index in [0.29, 0.717) is 17.5 Å². The molecule has 0 amide bonds. The van der Waals surface area contributed by atoms with Crippen molar-refractivity contribution in [2.24, 2.45) is 0 Å². The highest BCUT2D eigenvalue weighted by atomic mass is 15.0. The zero-order valence-corrected chi connectivity index (χ0v) is 30.4. The van der Waals surface area contributed by atoms with Crippen LogP contribution in [0.3, 0.4) is 0 Å². The van der Waals surface area contributed by atoms with Gasteiger partial charge in [0.1, 0.15) is 0 Å². The lowest BCUT2D eigenvalue weighted by molar-refractivity contribution is 1.07. The molecule has 0 atom stereocenters. The van der Waals surface area contributed by atoms with Crippen molar-refractivity contribution < 1.29 is 0 Å². The number of fused-ring (bicyclic) bond motifs is 3. The number of aromatic nitrogens is 4. The van der Waals surface area contributed by atoms with Gasteiger partial charge in [0.2, 0.25) is 0 Å². The Bertz CT molecular complexity index is 3010. The highest BCUT2D eigenvalue weighted by Gasteiger charge is 2.14. The number of hydrogen-bond donors (Lipinski definition) is 0. The lowest BCUT2D eigenvalue weighted by Gasteiger charge is -2.11. The van der Waals surface area contributed by atoms with E-state index in [-0.39, 0.29) is 0 Å². The first-order valence-electron chi connectivity index (χ1n) is 18.8. The summed E-state index contributed by atoms with van der Waals surface area (Å²) >= 11 is 0. The maximum Gasteiger partial charge on any atom is 0.164 e. The second-order valence-corrected chi connectivity index (χ2v) is 14.0.